The summed E-state index contributed by atoms with van der Waals surface area (Å²) in [4.78, 5) is 28.8. The van der Waals surface area contributed by atoms with E-state index in [2.05, 4.69) is 15.4 Å². The number of nitrogens with zero attached hydrogens (tertiary/aromatic N) is 3. The molecule has 2 aromatic carbocycles. The zero-order valence-corrected chi connectivity index (χ0v) is 14.4. The fourth-order valence-corrected chi connectivity index (χ4v) is 3.03. The SMILES string of the molecule is NC(=O)[C@H]1CC(C(=O)Nc2cnc3ccccc3c2)=NN1c1ccccc1. The van der Waals surface area contributed by atoms with Gasteiger partial charge in [0.1, 0.15) is 11.8 Å². The second-order valence-electron chi connectivity index (χ2n) is 6.22. The smallest absolute Gasteiger partial charge is 0.272 e. The number of aromatic nitrogens is 1. The Balaban J connectivity index is 1.58. The molecule has 134 valence electrons. The maximum atomic E-state index is 12.6. The van der Waals surface area contributed by atoms with Crippen LogP contribution < -0.4 is 16.1 Å². The van der Waals surface area contributed by atoms with Crippen LogP contribution in [-0.4, -0.2) is 28.6 Å². The number of nitrogens with one attached hydrogen (secondary N) is 1. The highest BCUT2D eigenvalue weighted by molar-refractivity contribution is 6.44. The van der Waals surface area contributed by atoms with Crippen LogP contribution in [0.4, 0.5) is 11.4 Å². The van der Waals surface area contributed by atoms with E-state index in [0.717, 1.165) is 10.9 Å². The van der Waals surface area contributed by atoms with Crippen LogP contribution in [0.25, 0.3) is 10.9 Å². The molecule has 2 heterocycles. The first-order chi connectivity index (χ1) is 13.1. The largest absolute Gasteiger partial charge is 0.368 e. The number of carbonyl (C=O) groups is 2. The van der Waals surface area contributed by atoms with Crippen molar-refractivity contribution in [1.29, 1.82) is 0 Å². The molecule has 0 spiro atoms. The molecule has 27 heavy (non-hydrogen) atoms. The summed E-state index contributed by atoms with van der Waals surface area (Å²) in [5.74, 6) is -0.908. The van der Waals surface area contributed by atoms with E-state index in [4.69, 9.17) is 5.73 Å². The lowest BCUT2D eigenvalue weighted by atomic mass is 10.1. The Morgan fingerprint density at radius 3 is 2.59 bits per heavy atom. The van der Waals surface area contributed by atoms with E-state index in [0.29, 0.717) is 11.4 Å². The number of primary amides is 1. The molecule has 0 aliphatic carbocycles. The summed E-state index contributed by atoms with van der Waals surface area (Å²) in [6.45, 7) is 0. The lowest BCUT2D eigenvalue weighted by Gasteiger charge is -2.20. The van der Waals surface area contributed by atoms with Gasteiger partial charge in [0, 0.05) is 11.8 Å². The van der Waals surface area contributed by atoms with Crippen molar-refractivity contribution in [3.63, 3.8) is 0 Å². The number of benzene rings is 2. The molecule has 1 aromatic heterocycles. The summed E-state index contributed by atoms with van der Waals surface area (Å²) in [5, 5.41) is 9.55. The molecular weight excluding hydrogens is 342 g/mol. The van der Waals surface area contributed by atoms with Crippen LogP contribution in [0.1, 0.15) is 6.42 Å². The third-order valence-corrected chi connectivity index (χ3v) is 4.37. The minimum Gasteiger partial charge on any atom is -0.368 e. The number of pyridine rings is 1. The van der Waals surface area contributed by atoms with Gasteiger partial charge in [-0.3, -0.25) is 19.6 Å². The summed E-state index contributed by atoms with van der Waals surface area (Å²) >= 11 is 0. The van der Waals surface area contributed by atoms with Crippen molar-refractivity contribution in [2.75, 3.05) is 10.3 Å². The Labute approximate surface area is 155 Å². The van der Waals surface area contributed by atoms with Gasteiger partial charge >= 0.3 is 0 Å². The lowest BCUT2D eigenvalue weighted by molar-refractivity contribution is -0.119. The van der Waals surface area contributed by atoms with Gasteiger partial charge < -0.3 is 11.1 Å². The van der Waals surface area contributed by atoms with Crippen LogP contribution in [-0.2, 0) is 9.59 Å². The third kappa shape index (κ3) is 3.35. The van der Waals surface area contributed by atoms with Crippen molar-refractivity contribution in [3.05, 3.63) is 66.9 Å². The average molecular weight is 359 g/mol. The molecule has 1 aliphatic rings. The fourth-order valence-electron chi connectivity index (χ4n) is 3.03. The first kappa shape index (κ1) is 16.7. The number of anilines is 2. The monoisotopic (exact) mass is 359 g/mol. The van der Waals surface area contributed by atoms with E-state index < -0.39 is 11.9 Å². The standard InChI is InChI=1S/C20H17N5O2/c21-19(26)18-11-17(24-25(18)15-7-2-1-3-8-15)20(27)23-14-10-13-6-4-5-9-16(13)22-12-14/h1-10,12,18H,11H2,(H2,21,26)(H,23,27)/t18-/m1/s1. The number of carbonyl (C=O) groups excluding carboxylic acids is 2. The third-order valence-electron chi connectivity index (χ3n) is 4.37. The molecule has 3 N–H and O–H groups in total. The molecule has 4 rings (SSSR count). The molecule has 1 atom stereocenters. The van der Waals surface area contributed by atoms with Gasteiger partial charge in [-0.2, -0.15) is 5.10 Å². The quantitative estimate of drug-likeness (QED) is 0.746. The highest BCUT2D eigenvalue weighted by atomic mass is 16.2. The highest BCUT2D eigenvalue weighted by Crippen LogP contribution is 2.25. The Morgan fingerprint density at radius 2 is 1.81 bits per heavy atom. The Hall–Kier alpha value is -3.74. The van der Waals surface area contributed by atoms with Gasteiger partial charge in [0.05, 0.1) is 23.1 Å². The van der Waals surface area contributed by atoms with Gasteiger partial charge in [0.15, 0.2) is 0 Å². The Morgan fingerprint density at radius 1 is 1.07 bits per heavy atom. The minimum atomic E-state index is -0.692. The minimum absolute atomic E-state index is 0.150. The molecule has 0 radical (unpaired) electrons. The summed E-state index contributed by atoms with van der Waals surface area (Å²) in [5.41, 5.74) is 7.87. The number of hydrazone groups is 1. The molecule has 0 saturated carbocycles. The molecule has 3 aromatic rings. The van der Waals surface area contributed by atoms with E-state index >= 15 is 0 Å². The summed E-state index contributed by atoms with van der Waals surface area (Å²) in [6.07, 6.45) is 1.74. The van der Waals surface area contributed by atoms with E-state index in [9.17, 15) is 9.59 Å². The lowest BCUT2D eigenvalue weighted by Crippen LogP contribution is -2.39. The van der Waals surface area contributed by atoms with Crippen molar-refractivity contribution < 1.29 is 9.59 Å². The normalized spacial score (nSPS) is 16.2. The molecule has 0 unspecified atom stereocenters. The van der Waals surface area contributed by atoms with Gasteiger partial charge in [0.2, 0.25) is 5.91 Å². The zero-order valence-electron chi connectivity index (χ0n) is 14.4. The predicted octanol–water partition coefficient (Wildman–Crippen LogP) is 2.29. The van der Waals surface area contributed by atoms with Crippen LogP contribution in [0.15, 0.2) is 72.0 Å². The highest BCUT2D eigenvalue weighted by Gasteiger charge is 2.34. The number of amides is 2. The fraction of sp³-hybridized carbons (Fsp3) is 0.100. The van der Waals surface area contributed by atoms with Gasteiger partial charge in [-0.1, -0.05) is 36.4 Å². The van der Waals surface area contributed by atoms with E-state index in [1.807, 2.05) is 60.7 Å². The molecule has 1 aliphatic heterocycles. The maximum absolute atomic E-state index is 12.6. The number of nitrogens with two attached hydrogens (primary N) is 1. The molecule has 0 saturated heterocycles. The molecule has 7 heteroatoms. The summed E-state index contributed by atoms with van der Waals surface area (Å²) in [6, 6.07) is 17.9. The van der Waals surface area contributed by atoms with E-state index in [-0.39, 0.29) is 18.0 Å². The number of rotatable bonds is 4. The first-order valence-electron chi connectivity index (χ1n) is 8.49. The van der Waals surface area contributed by atoms with Crippen LogP contribution in [0.3, 0.4) is 0 Å². The average Bonchev–Trinajstić information content (AvgIpc) is 3.15. The van der Waals surface area contributed by atoms with E-state index in [1.54, 1.807) is 6.20 Å². The number of fused-ring (bicyclic) bond motifs is 1. The van der Waals surface area contributed by atoms with Crippen LogP contribution in [0, 0.1) is 0 Å². The van der Waals surface area contributed by atoms with Gasteiger partial charge in [0.25, 0.3) is 5.91 Å². The van der Waals surface area contributed by atoms with Gasteiger partial charge in [-0.25, -0.2) is 0 Å². The summed E-state index contributed by atoms with van der Waals surface area (Å²) < 4.78 is 0. The molecule has 2 amide bonds. The van der Waals surface area contributed by atoms with Crippen LogP contribution >= 0.6 is 0 Å². The van der Waals surface area contributed by atoms with Gasteiger partial charge in [-0.15, -0.1) is 0 Å². The van der Waals surface area contributed by atoms with Crippen molar-refractivity contribution in [1.82, 2.24) is 4.98 Å². The predicted molar refractivity (Wildman–Crippen MR) is 104 cm³/mol. The van der Waals surface area contributed by atoms with Crippen molar-refractivity contribution >= 4 is 39.8 Å². The second-order valence-corrected chi connectivity index (χ2v) is 6.22. The molecule has 7 nitrogen and oxygen atoms in total. The second kappa shape index (κ2) is 6.87. The van der Waals surface area contributed by atoms with Gasteiger partial charge in [-0.05, 0) is 24.3 Å². The zero-order chi connectivity index (χ0) is 18.8. The van der Waals surface area contributed by atoms with Crippen molar-refractivity contribution in [2.24, 2.45) is 10.8 Å². The van der Waals surface area contributed by atoms with E-state index in [1.165, 1.54) is 5.01 Å². The Kier molecular flexibility index (Phi) is 4.25. The molecule has 0 bridgehead atoms. The van der Waals surface area contributed by atoms with Crippen LogP contribution in [0.5, 0.6) is 0 Å². The number of para-hydroxylation sites is 2. The maximum Gasteiger partial charge on any atom is 0.272 e. The van der Waals surface area contributed by atoms with Crippen molar-refractivity contribution in [3.8, 4) is 0 Å². The summed E-state index contributed by atoms with van der Waals surface area (Å²) in [7, 11) is 0. The Bertz CT molecular complexity index is 1050. The molecule has 0 fully saturated rings. The van der Waals surface area contributed by atoms with Crippen molar-refractivity contribution in [2.45, 2.75) is 12.5 Å². The topological polar surface area (TPSA) is 101 Å². The van der Waals surface area contributed by atoms with Crippen LogP contribution in [0.2, 0.25) is 0 Å². The number of hydrogen-bond donors (Lipinski definition) is 2. The molecular formula is C20H17N5O2. The first-order valence-corrected chi connectivity index (χ1v) is 8.49. The number of hydrogen-bond acceptors (Lipinski definition) is 5.